The molecule has 4 rings (SSSR count). The summed E-state index contributed by atoms with van der Waals surface area (Å²) in [5.74, 6) is 3.15. The van der Waals surface area contributed by atoms with Gasteiger partial charge in [-0.2, -0.15) is 10.1 Å². The standard InChI is InChI=1S/C19H21N7OS/c1-3-16(27)21-12-4-6-13(7-5-12)22-18-17-15(8-9-28-17)24-19(25-18)23-14-10-20-26(2)11-14/h1,8-13H,4-7H2,2H3,(H,21,27)(H2,22,23,24,25)/t12-,13+. The van der Waals surface area contributed by atoms with Crippen LogP contribution in [0.3, 0.4) is 0 Å². The maximum atomic E-state index is 11.4. The third-order valence-corrected chi connectivity index (χ3v) is 5.71. The van der Waals surface area contributed by atoms with E-state index >= 15 is 0 Å². The number of thiophene rings is 1. The maximum Gasteiger partial charge on any atom is 0.295 e. The molecule has 1 fully saturated rings. The van der Waals surface area contributed by atoms with Crippen molar-refractivity contribution in [2.45, 2.75) is 37.8 Å². The number of hydrogen-bond acceptors (Lipinski definition) is 7. The second-order valence-corrected chi connectivity index (χ2v) is 7.79. The summed E-state index contributed by atoms with van der Waals surface area (Å²) in [6.45, 7) is 0. The Morgan fingerprint density at radius 2 is 2.07 bits per heavy atom. The third-order valence-electron chi connectivity index (χ3n) is 4.80. The highest BCUT2D eigenvalue weighted by Gasteiger charge is 2.23. The van der Waals surface area contributed by atoms with Gasteiger partial charge < -0.3 is 16.0 Å². The van der Waals surface area contributed by atoms with Gasteiger partial charge in [-0.15, -0.1) is 17.8 Å². The van der Waals surface area contributed by atoms with E-state index in [1.165, 1.54) is 0 Å². The van der Waals surface area contributed by atoms with Crippen molar-refractivity contribution in [3.05, 3.63) is 23.8 Å². The molecule has 0 unspecified atom stereocenters. The first-order valence-electron chi connectivity index (χ1n) is 9.15. The van der Waals surface area contributed by atoms with Crippen LogP contribution < -0.4 is 16.0 Å². The van der Waals surface area contributed by atoms with E-state index in [-0.39, 0.29) is 11.9 Å². The zero-order valence-corrected chi connectivity index (χ0v) is 16.3. The predicted octanol–water partition coefficient (Wildman–Crippen LogP) is 2.64. The highest BCUT2D eigenvalue weighted by molar-refractivity contribution is 7.17. The lowest BCUT2D eigenvalue weighted by Crippen LogP contribution is -2.39. The molecule has 0 bridgehead atoms. The van der Waals surface area contributed by atoms with Gasteiger partial charge in [0.2, 0.25) is 5.95 Å². The first kappa shape index (κ1) is 18.3. The van der Waals surface area contributed by atoms with Crippen LogP contribution in [0, 0.1) is 12.3 Å². The van der Waals surface area contributed by atoms with Gasteiger partial charge in [0.05, 0.1) is 22.1 Å². The fraction of sp³-hybridized carbons (Fsp3) is 0.368. The van der Waals surface area contributed by atoms with E-state index in [9.17, 15) is 4.79 Å². The Bertz CT molecular complexity index is 1030. The number of carbonyl (C=O) groups excluding carboxylic acids is 1. The average molecular weight is 395 g/mol. The van der Waals surface area contributed by atoms with Crippen molar-refractivity contribution in [1.29, 1.82) is 0 Å². The lowest BCUT2D eigenvalue weighted by molar-refractivity contribution is -0.116. The Morgan fingerprint density at radius 3 is 2.79 bits per heavy atom. The molecule has 0 radical (unpaired) electrons. The summed E-state index contributed by atoms with van der Waals surface area (Å²) in [6.07, 6.45) is 12.4. The number of carbonyl (C=O) groups is 1. The van der Waals surface area contributed by atoms with Crippen molar-refractivity contribution in [3.8, 4) is 12.3 Å². The number of anilines is 3. The summed E-state index contributed by atoms with van der Waals surface area (Å²) in [5.41, 5.74) is 1.75. The van der Waals surface area contributed by atoms with Crippen molar-refractivity contribution in [1.82, 2.24) is 25.1 Å². The molecule has 0 aromatic carbocycles. The molecule has 28 heavy (non-hydrogen) atoms. The molecule has 3 N–H and O–H groups in total. The van der Waals surface area contributed by atoms with Crippen LogP contribution in [0.25, 0.3) is 10.2 Å². The molecule has 0 atom stereocenters. The van der Waals surface area contributed by atoms with Crippen molar-refractivity contribution >= 4 is 44.9 Å². The summed E-state index contributed by atoms with van der Waals surface area (Å²) in [5, 5.41) is 15.8. The van der Waals surface area contributed by atoms with Crippen LogP contribution in [0.5, 0.6) is 0 Å². The maximum absolute atomic E-state index is 11.4. The molecule has 1 amide bonds. The van der Waals surface area contributed by atoms with Gasteiger partial charge >= 0.3 is 0 Å². The number of terminal acetylenes is 1. The lowest BCUT2D eigenvalue weighted by atomic mass is 9.91. The topological polar surface area (TPSA) is 96.8 Å². The molecule has 9 heteroatoms. The highest BCUT2D eigenvalue weighted by Crippen LogP contribution is 2.30. The molecule has 3 heterocycles. The number of aryl methyl sites for hydroxylation is 1. The molecular weight excluding hydrogens is 374 g/mol. The summed E-state index contributed by atoms with van der Waals surface area (Å²) in [4.78, 5) is 20.7. The van der Waals surface area contributed by atoms with Crippen molar-refractivity contribution in [2.24, 2.45) is 7.05 Å². The average Bonchev–Trinajstić information content (AvgIpc) is 3.32. The first-order chi connectivity index (χ1) is 13.6. The normalized spacial score (nSPS) is 19.1. The zero-order chi connectivity index (χ0) is 19.5. The number of aromatic nitrogens is 4. The summed E-state index contributed by atoms with van der Waals surface area (Å²) < 4.78 is 2.77. The van der Waals surface area contributed by atoms with Crippen molar-refractivity contribution in [3.63, 3.8) is 0 Å². The minimum Gasteiger partial charge on any atom is -0.366 e. The minimum atomic E-state index is -0.335. The van der Waals surface area contributed by atoms with Gasteiger partial charge in [-0.1, -0.05) is 0 Å². The first-order valence-corrected chi connectivity index (χ1v) is 10.0. The monoisotopic (exact) mass is 395 g/mol. The van der Waals surface area contributed by atoms with Gasteiger partial charge in [0, 0.05) is 25.3 Å². The fourth-order valence-corrected chi connectivity index (χ4v) is 4.22. The van der Waals surface area contributed by atoms with Crippen molar-refractivity contribution in [2.75, 3.05) is 10.6 Å². The number of amides is 1. The smallest absolute Gasteiger partial charge is 0.295 e. The molecule has 0 aliphatic heterocycles. The fourth-order valence-electron chi connectivity index (χ4n) is 3.43. The number of rotatable bonds is 5. The second-order valence-electron chi connectivity index (χ2n) is 6.87. The van der Waals surface area contributed by atoms with Gasteiger partial charge in [0.1, 0.15) is 5.82 Å². The molecule has 144 valence electrons. The van der Waals surface area contributed by atoms with E-state index in [4.69, 9.17) is 11.4 Å². The largest absolute Gasteiger partial charge is 0.366 e. The van der Waals surface area contributed by atoms with Gasteiger partial charge in [-0.25, -0.2) is 4.98 Å². The van der Waals surface area contributed by atoms with E-state index in [1.807, 2.05) is 24.7 Å². The minimum absolute atomic E-state index is 0.150. The quantitative estimate of drug-likeness (QED) is 0.575. The Morgan fingerprint density at radius 1 is 1.29 bits per heavy atom. The van der Waals surface area contributed by atoms with E-state index in [1.54, 1.807) is 22.2 Å². The van der Waals surface area contributed by atoms with E-state index in [2.05, 4.69) is 32.0 Å². The molecule has 3 aromatic rings. The molecule has 1 aliphatic carbocycles. The number of nitrogens with zero attached hydrogens (tertiary/aromatic N) is 4. The Hall–Kier alpha value is -3.12. The third kappa shape index (κ3) is 4.07. The summed E-state index contributed by atoms with van der Waals surface area (Å²) in [6, 6.07) is 2.44. The van der Waals surface area contributed by atoms with Crippen LogP contribution >= 0.6 is 11.3 Å². The van der Waals surface area contributed by atoms with Crippen molar-refractivity contribution < 1.29 is 4.79 Å². The Balaban J connectivity index is 1.47. The van der Waals surface area contributed by atoms with Gasteiger partial charge in [-0.3, -0.25) is 9.48 Å². The molecule has 0 spiro atoms. The van der Waals surface area contributed by atoms with Gasteiger partial charge in [0.15, 0.2) is 0 Å². The lowest BCUT2D eigenvalue weighted by Gasteiger charge is -2.29. The van der Waals surface area contributed by atoms with Crippen LogP contribution in [0.2, 0.25) is 0 Å². The summed E-state index contributed by atoms with van der Waals surface area (Å²) >= 11 is 1.62. The van der Waals surface area contributed by atoms with E-state index in [0.29, 0.717) is 12.0 Å². The predicted molar refractivity (Wildman–Crippen MR) is 111 cm³/mol. The van der Waals surface area contributed by atoms with E-state index < -0.39 is 0 Å². The number of fused-ring (bicyclic) bond motifs is 1. The second kappa shape index (κ2) is 7.86. The summed E-state index contributed by atoms with van der Waals surface area (Å²) in [7, 11) is 1.86. The number of nitrogens with one attached hydrogen (secondary N) is 3. The molecule has 1 saturated carbocycles. The molecule has 1 aliphatic rings. The zero-order valence-electron chi connectivity index (χ0n) is 15.5. The SMILES string of the molecule is C#CC(=O)N[C@H]1CC[C@@H](Nc2nc(Nc3cnn(C)c3)nc3ccsc23)CC1. The Labute approximate surface area is 166 Å². The van der Waals surface area contributed by atoms with E-state index in [0.717, 1.165) is 47.4 Å². The van der Waals surface area contributed by atoms with Crippen LogP contribution in [-0.2, 0) is 11.8 Å². The Kier molecular flexibility index (Phi) is 5.12. The molecule has 3 aromatic heterocycles. The molecular formula is C19H21N7OS. The number of hydrogen-bond donors (Lipinski definition) is 3. The highest BCUT2D eigenvalue weighted by atomic mass is 32.1. The van der Waals surface area contributed by atoms with Crippen LogP contribution in [0.15, 0.2) is 23.8 Å². The molecule has 0 saturated heterocycles. The van der Waals surface area contributed by atoms with Gasteiger partial charge in [0.25, 0.3) is 5.91 Å². The molecule has 8 nitrogen and oxygen atoms in total. The van der Waals surface area contributed by atoms with Crippen LogP contribution in [0.1, 0.15) is 25.7 Å². The van der Waals surface area contributed by atoms with Crippen LogP contribution in [0.4, 0.5) is 17.5 Å². The van der Waals surface area contributed by atoms with Crippen LogP contribution in [-0.4, -0.2) is 37.7 Å². The van der Waals surface area contributed by atoms with Gasteiger partial charge in [-0.05, 0) is 43.1 Å².